The van der Waals surface area contributed by atoms with Gasteiger partial charge < -0.3 is 14.5 Å². The van der Waals surface area contributed by atoms with Crippen LogP contribution < -0.4 is 0 Å². The number of likely N-dealkylation sites (tertiary alicyclic amines) is 1. The van der Waals surface area contributed by atoms with Crippen LogP contribution in [0.4, 0.5) is 4.39 Å². The largest absolute Gasteiger partial charge is 0.381 e. The Morgan fingerprint density at radius 3 is 2.59 bits per heavy atom. The van der Waals surface area contributed by atoms with E-state index in [-0.39, 0.29) is 17.5 Å². The molecule has 3 rings (SSSR count). The third kappa shape index (κ3) is 5.90. The summed E-state index contributed by atoms with van der Waals surface area (Å²) in [4.78, 5) is 17.5. The first-order valence-corrected chi connectivity index (χ1v) is 10.6. The van der Waals surface area contributed by atoms with E-state index in [1.807, 2.05) is 4.90 Å². The van der Waals surface area contributed by atoms with E-state index in [9.17, 15) is 9.18 Å². The van der Waals surface area contributed by atoms with Crippen molar-refractivity contribution in [3.63, 3.8) is 0 Å². The summed E-state index contributed by atoms with van der Waals surface area (Å²) in [6, 6.07) is 4.30. The van der Waals surface area contributed by atoms with Gasteiger partial charge >= 0.3 is 0 Å². The zero-order valence-electron chi connectivity index (χ0n) is 16.0. The van der Waals surface area contributed by atoms with Crippen molar-refractivity contribution in [2.75, 3.05) is 39.4 Å². The van der Waals surface area contributed by atoms with Crippen LogP contribution >= 0.6 is 11.6 Å². The van der Waals surface area contributed by atoms with Crippen molar-refractivity contribution in [2.45, 2.75) is 51.0 Å². The molecule has 0 atom stereocenters. The molecule has 27 heavy (non-hydrogen) atoms. The van der Waals surface area contributed by atoms with E-state index in [1.165, 1.54) is 43.9 Å². The second-order valence-corrected chi connectivity index (χ2v) is 8.01. The lowest BCUT2D eigenvalue weighted by atomic mass is 10.0. The number of carbonyl (C=O) groups excluding carboxylic acids is 1. The van der Waals surface area contributed by atoms with Gasteiger partial charge in [-0.05, 0) is 69.9 Å². The SMILES string of the molecule is O=C(c1cc(Cl)ccc1F)N(CCCN1CCCCCC1)C1CCOCC1. The van der Waals surface area contributed by atoms with Crippen LogP contribution in [0.3, 0.4) is 0 Å². The maximum Gasteiger partial charge on any atom is 0.257 e. The van der Waals surface area contributed by atoms with Gasteiger partial charge in [0.1, 0.15) is 5.82 Å². The lowest BCUT2D eigenvalue weighted by Gasteiger charge is -2.35. The van der Waals surface area contributed by atoms with Gasteiger partial charge in [-0.15, -0.1) is 0 Å². The molecule has 1 aromatic rings. The molecular weight excluding hydrogens is 367 g/mol. The second kappa shape index (κ2) is 10.4. The summed E-state index contributed by atoms with van der Waals surface area (Å²) >= 11 is 6.01. The Labute approximate surface area is 166 Å². The number of ether oxygens (including phenoxy) is 1. The predicted octanol–water partition coefficient (Wildman–Crippen LogP) is 4.37. The molecule has 2 fully saturated rings. The Bertz CT molecular complexity index is 614. The van der Waals surface area contributed by atoms with Crippen molar-refractivity contribution >= 4 is 17.5 Å². The van der Waals surface area contributed by atoms with Crippen molar-refractivity contribution in [3.05, 3.63) is 34.6 Å². The van der Waals surface area contributed by atoms with Crippen LogP contribution in [-0.4, -0.2) is 61.1 Å². The van der Waals surface area contributed by atoms with Crippen LogP contribution in [0.15, 0.2) is 18.2 Å². The molecular formula is C21H30ClFN2O2. The summed E-state index contributed by atoms with van der Waals surface area (Å²) in [7, 11) is 0. The average Bonchev–Trinajstić information content (AvgIpc) is 2.96. The second-order valence-electron chi connectivity index (χ2n) is 7.58. The van der Waals surface area contributed by atoms with E-state index in [1.54, 1.807) is 0 Å². The quantitative estimate of drug-likeness (QED) is 0.715. The van der Waals surface area contributed by atoms with E-state index in [2.05, 4.69) is 4.90 Å². The molecule has 2 aliphatic rings. The van der Waals surface area contributed by atoms with Gasteiger partial charge in [0.15, 0.2) is 0 Å². The minimum atomic E-state index is -0.506. The molecule has 0 spiro atoms. The maximum atomic E-state index is 14.3. The number of halogens is 2. The number of hydrogen-bond donors (Lipinski definition) is 0. The molecule has 6 heteroatoms. The summed E-state index contributed by atoms with van der Waals surface area (Å²) < 4.78 is 19.7. The van der Waals surface area contributed by atoms with Crippen molar-refractivity contribution < 1.29 is 13.9 Å². The van der Waals surface area contributed by atoms with Crippen molar-refractivity contribution in [1.82, 2.24) is 9.80 Å². The third-order valence-electron chi connectivity index (χ3n) is 5.62. The van der Waals surface area contributed by atoms with Crippen molar-refractivity contribution in [1.29, 1.82) is 0 Å². The Morgan fingerprint density at radius 2 is 1.89 bits per heavy atom. The van der Waals surface area contributed by atoms with Gasteiger partial charge in [0.2, 0.25) is 0 Å². The minimum absolute atomic E-state index is 0.0729. The number of nitrogens with zero attached hydrogens (tertiary/aromatic N) is 2. The highest BCUT2D eigenvalue weighted by Crippen LogP contribution is 2.22. The molecule has 0 aliphatic carbocycles. The van der Waals surface area contributed by atoms with E-state index >= 15 is 0 Å². The zero-order valence-corrected chi connectivity index (χ0v) is 16.7. The molecule has 0 N–H and O–H groups in total. The number of rotatable bonds is 6. The molecule has 2 heterocycles. The summed E-state index contributed by atoms with van der Waals surface area (Å²) in [5.74, 6) is -0.758. The lowest BCUT2D eigenvalue weighted by Crippen LogP contribution is -2.45. The Morgan fingerprint density at radius 1 is 1.19 bits per heavy atom. The predicted molar refractivity (Wildman–Crippen MR) is 106 cm³/mol. The van der Waals surface area contributed by atoms with Crippen molar-refractivity contribution in [2.24, 2.45) is 0 Å². The normalized spacial score (nSPS) is 19.6. The van der Waals surface area contributed by atoms with E-state index in [0.29, 0.717) is 24.8 Å². The number of carbonyl (C=O) groups is 1. The van der Waals surface area contributed by atoms with Crippen molar-refractivity contribution in [3.8, 4) is 0 Å². The highest BCUT2D eigenvalue weighted by atomic mass is 35.5. The monoisotopic (exact) mass is 396 g/mol. The first-order chi connectivity index (χ1) is 13.1. The Balaban J connectivity index is 1.66. The number of benzene rings is 1. The molecule has 0 aromatic heterocycles. The van der Waals surface area contributed by atoms with Crippen LogP contribution in [0.5, 0.6) is 0 Å². The van der Waals surface area contributed by atoms with Crippen LogP contribution in [-0.2, 0) is 4.74 Å². The maximum absolute atomic E-state index is 14.3. The van der Waals surface area contributed by atoms with Gasteiger partial charge in [-0.3, -0.25) is 4.79 Å². The standard InChI is InChI=1S/C21H30ClFN2O2/c22-17-6-7-20(23)19(16-17)21(26)25(18-8-14-27-15-9-18)13-5-12-24-10-3-1-2-4-11-24/h6-7,16,18H,1-5,8-15H2. The zero-order chi connectivity index (χ0) is 19.1. The highest BCUT2D eigenvalue weighted by Gasteiger charge is 2.28. The molecule has 1 amide bonds. The first kappa shape index (κ1) is 20.6. The molecule has 4 nitrogen and oxygen atoms in total. The van der Waals surface area contributed by atoms with Gasteiger partial charge in [0.25, 0.3) is 5.91 Å². The van der Waals surface area contributed by atoms with Gasteiger partial charge in [0, 0.05) is 30.8 Å². The summed E-state index contributed by atoms with van der Waals surface area (Å²) in [6.45, 7) is 5.23. The van der Waals surface area contributed by atoms with Gasteiger partial charge in [-0.25, -0.2) is 4.39 Å². The fourth-order valence-corrected chi connectivity index (χ4v) is 4.26. The molecule has 2 saturated heterocycles. The van der Waals surface area contributed by atoms with Gasteiger partial charge in [0.05, 0.1) is 5.56 Å². The molecule has 0 saturated carbocycles. The van der Waals surface area contributed by atoms with E-state index < -0.39 is 5.82 Å². The number of hydrogen-bond acceptors (Lipinski definition) is 3. The van der Waals surface area contributed by atoms with Crippen LogP contribution in [0.25, 0.3) is 0 Å². The Kier molecular flexibility index (Phi) is 7.92. The summed E-state index contributed by atoms with van der Waals surface area (Å²) in [5, 5.41) is 0.385. The topological polar surface area (TPSA) is 32.8 Å². The fourth-order valence-electron chi connectivity index (χ4n) is 4.09. The number of amides is 1. The molecule has 150 valence electrons. The molecule has 2 aliphatic heterocycles. The molecule has 1 aromatic carbocycles. The third-order valence-corrected chi connectivity index (χ3v) is 5.86. The first-order valence-electron chi connectivity index (χ1n) is 10.2. The molecule has 0 radical (unpaired) electrons. The minimum Gasteiger partial charge on any atom is -0.381 e. The average molecular weight is 397 g/mol. The fraction of sp³-hybridized carbons (Fsp3) is 0.667. The summed E-state index contributed by atoms with van der Waals surface area (Å²) in [5.41, 5.74) is 0.0729. The van der Waals surface area contributed by atoms with E-state index in [0.717, 1.165) is 38.9 Å². The van der Waals surface area contributed by atoms with Gasteiger partial charge in [-0.1, -0.05) is 24.4 Å². The van der Waals surface area contributed by atoms with Crippen LogP contribution in [0.1, 0.15) is 55.3 Å². The molecule has 0 unspecified atom stereocenters. The van der Waals surface area contributed by atoms with Gasteiger partial charge in [-0.2, -0.15) is 0 Å². The lowest BCUT2D eigenvalue weighted by molar-refractivity contribution is 0.0278. The highest BCUT2D eigenvalue weighted by molar-refractivity contribution is 6.31. The Hall–Kier alpha value is -1.17. The smallest absolute Gasteiger partial charge is 0.257 e. The summed E-state index contributed by atoms with van der Waals surface area (Å²) in [6.07, 6.45) is 7.67. The van der Waals surface area contributed by atoms with Crippen LogP contribution in [0.2, 0.25) is 5.02 Å². The molecule has 0 bridgehead atoms. The van der Waals surface area contributed by atoms with E-state index in [4.69, 9.17) is 16.3 Å². The van der Waals surface area contributed by atoms with Crippen LogP contribution in [0, 0.1) is 5.82 Å².